The predicted molar refractivity (Wildman–Crippen MR) is 74.0 cm³/mol. The molecule has 0 N–H and O–H groups in total. The quantitative estimate of drug-likeness (QED) is 0.787. The first kappa shape index (κ1) is 15.9. The first-order valence-corrected chi connectivity index (χ1v) is 7.58. The Hall–Kier alpha value is -0.980. The van der Waals surface area contributed by atoms with Crippen molar-refractivity contribution in [2.24, 2.45) is 0 Å². The number of alkyl halides is 3. The molecule has 0 radical (unpaired) electrons. The van der Waals surface area contributed by atoms with Crippen molar-refractivity contribution in [2.45, 2.75) is 43.8 Å². The van der Waals surface area contributed by atoms with Gasteiger partial charge in [0.2, 0.25) is 0 Å². The Bertz CT molecular complexity index is 531. The predicted octanol–water partition coefficient (Wildman–Crippen LogP) is 4.64. The van der Waals surface area contributed by atoms with E-state index >= 15 is 0 Å². The van der Waals surface area contributed by atoms with E-state index in [1.807, 2.05) is 0 Å². The van der Waals surface area contributed by atoms with E-state index in [1.165, 1.54) is 6.07 Å². The second-order valence-electron chi connectivity index (χ2n) is 5.62. The maximum atomic E-state index is 12.2. The monoisotopic (exact) mass is 336 g/mol. The summed E-state index contributed by atoms with van der Waals surface area (Å²) in [5, 5.41) is -0.0246. The van der Waals surface area contributed by atoms with E-state index < -0.39 is 12.1 Å². The van der Waals surface area contributed by atoms with Crippen molar-refractivity contribution in [3.8, 4) is 5.75 Å². The van der Waals surface area contributed by atoms with E-state index in [4.69, 9.17) is 21.1 Å². The van der Waals surface area contributed by atoms with Crippen LogP contribution < -0.4 is 4.74 Å². The lowest BCUT2D eigenvalue weighted by Crippen LogP contribution is -2.34. The Labute approximate surface area is 131 Å². The zero-order valence-corrected chi connectivity index (χ0v) is 12.5. The van der Waals surface area contributed by atoms with Crippen LogP contribution in [0.3, 0.4) is 0 Å². The normalized spacial score (nSPS) is 22.2. The molecule has 0 aromatic heterocycles. The summed E-state index contributed by atoms with van der Waals surface area (Å²) in [4.78, 5) is 0. The number of hydrogen-bond donors (Lipinski definition) is 0. The lowest BCUT2D eigenvalue weighted by atomic mass is 9.81. The van der Waals surface area contributed by atoms with Crippen LogP contribution in [-0.2, 0) is 9.47 Å². The number of halogens is 4. The molecular formula is C15H16ClF3O3. The fourth-order valence-corrected chi connectivity index (χ4v) is 3.38. The molecular weight excluding hydrogens is 321 g/mol. The Morgan fingerprint density at radius 3 is 2.32 bits per heavy atom. The lowest BCUT2D eigenvalue weighted by molar-refractivity contribution is -0.274. The van der Waals surface area contributed by atoms with Crippen molar-refractivity contribution in [2.75, 3.05) is 13.2 Å². The summed E-state index contributed by atoms with van der Waals surface area (Å²) < 4.78 is 51.9. The largest absolute Gasteiger partial charge is 0.573 e. The van der Waals surface area contributed by atoms with Crippen LogP contribution in [0, 0.1) is 0 Å². The molecule has 3 rings (SSSR count). The lowest BCUT2D eigenvalue weighted by Gasteiger charge is -2.35. The van der Waals surface area contributed by atoms with Gasteiger partial charge in [0, 0.05) is 12.8 Å². The molecule has 2 fully saturated rings. The van der Waals surface area contributed by atoms with Crippen molar-refractivity contribution in [1.29, 1.82) is 0 Å². The van der Waals surface area contributed by atoms with Crippen molar-refractivity contribution in [3.05, 3.63) is 28.8 Å². The van der Waals surface area contributed by atoms with Crippen LogP contribution in [0.4, 0.5) is 13.2 Å². The number of hydrogen-bond acceptors (Lipinski definition) is 3. The zero-order valence-electron chi connectivity index (χ0n) is 11.8. The van der Waals surface area contributed by atoms with E-state index in [0.29, 0.717) is 13.2 Å². The maximum absolute atomic E-state index is 12.2. The Balaban J connectivity index is 1.67. The van der Waals surface area contributed by atoms with Crippen LogP contribution >= 0.6 is 11.6 Å². The van der Waals surface area contributed by atoms with E-state index in [1.54, 1.807) is 12.1 Å². The summed E-state index contributed by atoms with van der Waals surface area (Å²) in [5.74, 6) is -0.567. The first-order chi connectivity index (χ1) is 10.4. The third kappa shape index (κ3) is 3.50. The molecule has 1 aromatic carbocycles. The minimum absolute atomic E-state index is 0.0246. The number of benzene rings is 1. The molecule has 0 bridgehead atoms. The van der Waals surface area contributed by atoms with Crippen molar-refractivity contribution in [1.82, 2.24) is 0 Å². The summed E-state index contributed by atoms with van der Waals surface area (Å²) in [6.45, 7) is 1.25. The average molecular weight is 337 g/mol. The molecule has 1 saturated carbocycles. The minimum atomic E-state index is -4.74. The van der Waals surface area contributed by atoms with Crippen LogP contribution in [0.2, 0.25) is 5.02 Å². The van der Waals surface area contributed by atoms with Gasteiger partial charge in [0.25, 0.3) is 0 Å². The average Bonchev–Trinajstić information content (AvgIpc) is 2.89. The first-order valence-electron chi connectivity index (χ1n) is 7.20. The van der Waals surface area contributed by atoms with Gasteiger partial charge in [0.1, 0.15) is 5.75 Å². The smallest absolute Gasteiger partial charge is 0.404 e. The molecule has 0 unspecified atom stereocenters. The molecule has 1 spiro atoms. The summed E-state index contributed by atoms with van der Waals surface area (Å²) in [6, 6.07) is 4.48. The summed E-state index contributed by atoms with van der Waals surface area (Å²) >= 11 is 5.90. The summed E-state index contributed by atoms with van der Waals surface area (Å²) in [6.07, 6.45) is -1.45. The molecule has 122 valence electrons. The second-order valence-corrected chi connectivity index (χ2v) is 6.03. The Morgan fingerprint density at radius 2 is 1.77 bits per heavy atom. The third-order valence-electron chi connectivity index (χ3n) is 4.21. The van der Waals surface area contributed by atoms with Crippen LogP contribution in [-0.4, -0.2) is 25.4 Å². The molecule has 7 heteroatoms. The molecule has 1 heterocycles. The molecule has 0 atom stereocenters. The third-order valence-corrected chi connectivity index (χ3v) is 4.51. The highest BCUT2D eigenvalue weighted by atomic mass is 35.5. The van der Waals surface area contributed by atoms with Gasteiger partial charge in [-0.15, -0.1) is 13.2 Å². The minimum Gasteiger partial charge on any atom is -0.404 e. The standard InChI is InChI=1S/C15H16ClF3O3/c16-12-9-11(1-2-13(12)22-15(17,18)19)10-3-5-14(6-4-10)20-7-8-21-14/h1-2,9-10H,3-8H2. The molecule has 1 aliphatic carbocycles. The summed E-state index contributed by atoms with van der Waals surface area (Å²) in [7, 11) is 0. The fraction of sp³-hybridized carbons (Fsp3) is 0.600. The maximum Gasteiger partial charge on any atom is 0.573 e. The SMILES string of the molecule is FC(F)(F)Oc1ccc(C2CCC3(CC2)OCCO3)cc1Cl. The van der Waals surface area contributed by atoms with Crippen LogP contribution in [0.1, 0.15) is 37.2 Å². The van der Waals surface area contributed by atoms with Gasteiger partial charge in [0.15, 0.2) is 5.79 Å². The van der Waals surface area contributed by atoms with Gasteiger partial charge in [-0.3, -0.25) is 0 Å². The van der Waals surface area contributed by atoms with E-state index in [0.717, 1.165) is 31.2 Å². The van der Waals surface area contributed by atoms with E-state index in [-0.39, 0.29) is 16.7 Å². The Morgan fingerprint density at radius 1 is 1.14 bits per heavy atom. The molecule has 22 heavy (non-hydrogen) atoms. The zero-order chi connectivity index (χ0) is 15.8. The van der Waals surface area contributed by atoms with Gasteiger partial charge in [0.05, 0.1) is 18.2 Å². The fourth-order valence-electron chi connectivity index (χ4n) is 3.16. The molecule has 0 amide bonds. The summed E-state index contributed by atoms with van der Waals surface area (Å²) in [5.41, 5.74) is 0.923. The van der Waals surface area contributed by atoms with Crippen LogP contribution in [0.15, 0.2) is 18.2 Å². The van der Waals surface area contributed by atoms with Crippen molar-refractivity contribution < 1.29 is 27.4 Å². The van der Waals surface area contributed by atoms with E-state index in [2.05, 4.69) is 4.74 Å². The highest BCUT2D eigenvalue weighted by Crippen LogP contribution is 2.43. The van der Waals surface area contributed by atoms with Gasteiger partial charge in [-0.25, -0.2) is 0 Å². The van der Waals surface area contributed by atoms with Crippen LogP contribution in [0.5, 0.6) is 5.75 Å². The molecule has 1 aliphatic heterocycles. The van der Waals surface area contributed by atoms with Crippen molar-refractivity contribution >= 4 is 11.6 Å². The number of ether oxygens (including phenoxy) is 3. The van der Waals surface area contributed by atoms with E-state index in [9.17, 15) is 13.2 Å². The molecule has 1 saturated heterocycles. The highest BCUT2D eigenvalue weighted by molar-refractivity contribution is 6.32. The van der Waals surface area contributed by atoms with Gasteiger partial charge < -0.3 is 14.2 Å². The molecule has 2 aliphatic rings. The van der Waals surface area contributed by atoms with Gasteiger partial charge in [-0.1, -0.05) is 17.7 Å². The second kappa shape index (κ2) is 5.91. The van der Waals surface area contributed by atoms with Crippen molar-refractivity contribution in [3.63, 3.8) is 0 Å². The van der Waals surface area contributed by atoms with Crippen LogP contribution in [0.25, 0.3) is 0 Å². The highest BCUT2D eigenvalue weighted by Gasteiger charge is 2.40. The van der Waals surface area contributed by atoms with Gasteiger partial charge in [-0.05, 0) is 36.5 Å². The topological polar surface area (TPSA) is 27.7 Å². The number of rotatable bonds is 2. The van der Waals surface area contributed by atoms with Gasteiger partial charge >= 0.3 is 6.36 Å². The van der Waals surface area contributed by atoms with Gasteiger partial charge in [-0.2, -0.15) is 0 Å². The Kier molecular flexibility index (Phi) is 4.27. The molecule has 1 aromatic rings. The molecule has 3 nitrogen and oxygen atoms in total.